The van der Waals surface area contributed by atoms with Crippen molar-refractivity contribution >= 4 is 27.5 Å². The van der Waals surface area contributed by atoms with Crippen molar-refractivity contribution in [1.29, 1.82) is 5.26 Å². The summed E-state index contributed by atoms with van der Waals surface area (Å²) < 4.78 is 0.783. The Morgan fingerprint density at radius 3 is 2.73 bits per heavy atom. The average molecular weight is 289 g/mol. The third-order valence-electron chi connectivity index (χ3n) is 2.27. The summed E-state index contributed by atoms with van der Waals surface area (Å²) in [5.74, 6) is -0.387. The second-order valence-electron chi connectivity index (χ2n) is 3.26. The summed E-state index contributed by atoms with van der Waals surface area (Å²) in [4.78, 5) is 0. The molecule has 2 nitrogen and oxygen atoms in total. The van der Waals surface area contributed by atoms with E-state index < -0.39 is 6.10 Å². The highest BCUT2D eigenvalue weighted by molar-refractivity contribution is 9.10. The van der Waals surface area contributed by atoms with Crippen LogP contribution in [0.25, 0.3) is 0 Å². The predicted octanol–water partition coefficient (Wildman–Crippen LogP) is 3.69. The van der Waals surface area contributed by atoms with Crippen molar-refractivity contribution in [3.8, 4) is 6.07 Å². The average Bonchev–Trinajstić information content (AvgIpc) is 2.23. The van der Waals surface area contributed by atoms with Crippen LogP contribution >= 0.6 is 27.5 Å². The van der Waals surface area contributed by atoms with Gasteiger partial charge in [0.05, 0.1) is 23.1 Å². The molecule has 0 bridgehead atoms. The maximum Gasteiger partial charge on any atom is 0.0948 e. The third kappa shape index (κ3) is 2.94. The van der Waals surface area contributed by atoms with Crippen molar-refractivity contribution in [3.63, 3.8) is 0 Å². The lowest BCUT2D eigenvalue weighted by Crippen LogP contribution is -2.09. The smallest absolute Gasteiger partial charge is 0.0948 e. The van der Waals surface area contributed by atoms with E-state index >= 15 is 0 Å². The van der Waals surface area contributed by atoms with Crippen molar-refractivity contribution < 1.29 is 5.11 Å². The van der Waals surface area contributed by atoms with Crippen molar-refractivity contribution in [2.75, 3.05) is 0 Å². The van der Waals surface area contributed by atoms with Gasteiger partial charge in [-0.25, -0.2) is 0 Å². The molecule has 0 spiro atoms. The fraction of sp³-hybridized carbons (Fsp3) is 0.364. The van der Waals surface area contributed by atoms with Crippen LogP contribution < -0.4 is 0 Å². The lowest BCUT2D eigenvalue weighted by molar-refractivity contribution is 0.133. The van der Waals surface area contributed by atoms with Gasteiger partial charge in [0.2, 0.25) is 0 Å². The molecule has 15 heavy (non-hydrogen) atoms. The molecule has 4 heteroatoms. The van der Waals surface area contributed by atoms with Gasteiger partial charge < -0.3 is 5.11 Å². The first-order valence-corrected chi connectivity index (χ1v) is 5.79. The molecule has 0 saturated heterocycles. The molecular weight excluding hydrogens is 277 g/mol. The van der Waals surface area contributed by atoms with E-state index in [4.69, 9.17) is 16.9 Å². The molecule has 0 radical (unpaired) electrons. The van der Waals surface area contributed by atoms with Gasteiger partial charge >= 0.3 is 0 Å². The second-order valence-corrected chi connectivity index (χ2v) is 4.52. The van der Waals surface area contributed by atoms with Crippen LogP contribution in [0, 0.1) is 17.2 Å². The van der Waals surface area contributed by atoms with E-state index in [9.17, 15) is 5.11 Å². The van der Waals surface area contributed by atoms with Crippen LogP contribution in [0.1, 0.15) is 25.0 Å². The van der Waals surface area contributed by atoms with Gasteiger partial charge in [-0.15, -0.1) is 0 Å². The summed E-state index contributed by atoms with van der Waals surface area (Å²) in [5, 5.41) is 19.3. The number of nitriles is 1. The third-order valence-corrected chi connectivity index (χ3v) is 3.50. The molecule has 0 aliphatic rings. The maximum absolute atomic E-state index is 9.90. The Labute approximate surface area is 103 Å². The van der Waals surface area contributed by atoms with E-state index in [1.165, 1.54) is 0 Å². The lowest BCUT2D eigenvalue weighted by Gasteiger charge is -2.15. The number of aliphatic hydroxyl groups is 1. The number of hydrogen-bond acceptors (Lipinski definition) is 2. The van der Waals surface area contributed by atoms with Gasteiger partial charge in [-0.1, -0.05) is 24.6 Å². The Hall–Kier alpha value is -0.560. The van der Waals surface area contributed by atoms with Gasteiger partial charge in [0.1, 0.15) is 0 Å². The largest absolute Gasteiger partial charge is 0.387 e. The number of aliphatic hydroxyl groups excluding tert-OH is 1. The molecule has 0 aliphatic heterocycles. The monoisotopic (exact) mass is 287 g/mol. The standard InChI is InChI=1S/C11H11BrClNO/c1-2-7(6-14)11(15)8-3-4-9(12)10(13)5-8/h3-5,7,11,15H,2H2,1H3. The fourth-order valence-corrected chi connectivity index (χ4v) is 1.75. The van der Waals surface area contributed by atoms with Crippen molar-refractivity contribution in [2.24, 2.45) is 5.92 Å². The molecule has 0 aromatic heterocycles. The van der Waals surface area contributed by atoms with E-state index in [1.807, 2.05) is 6.92 Å². The summed E-state index contributed by atoms with van der Waals surface area (Å²) in [6.45, 7) is 1.87. The van der Waals surface area contributed by atoms with E-state index in [0.717, 1.165) is 4.47 Å². The van der Waals surface area contributed by atoms with Crippen LogP contribution in [0.3, 0.4) is 0 Å². The first-order chi connectivity index (χ1) is 7.10. The fourth-order valence-electron chi connectivity index (χ4n) is 1.31. The highest BCUT2D eigenvalue weighted by Gasteiger charge is 2.19. The number of rotatable bonds is 3. The molecule has 1 aromatic carbocycles. The normalized spacial score (nSPS) is 14.3. The highest BCUT2D eigenvalue weighted by atomic mass is 79.9. The summed E-state index contributed by atoms with van der Waals surface area (Å²) in [7, 11) is 0. The SMILES string of the molecule is CCC(C#N)C(O)c1ccc(Br)c(Cl)c1. The molecule has 0 heterocycles. The van der Waals surface area contributed by atoms with Crippen LogP contribution in [-0.4, -0.2) is 5.11 Å². The zero-order valence-electron chi connectivity index (χ0n) is 8.24. The Balaban J connectivity index is 2.97. The van der Waals surface area contributed by atoms with Crippen LogP contribution in [0.2, 0.25) is 5.02 Å². The second kappa shape index (κ2) is 5.50. The van der Waals surface area contributed by atoms with Crippen molar-refractivity contribution in [3.05, 3.63) is 33.3 Å². The van der Waals surface area contributed by atoms with Crippen molar-refractivity contribution in [2.45, 2.75) is 19.4 Å². The molecule has 0 saturated carbocycles. The topological polar surface area (TPSA) is 44.0 Å². The number of nitrogens with zero attached hydrogens (tertiary/aromatic N) is 1. The summed E-state index contributed by atoms with van der Waals surface area (Å²) in [6, 6.07) is 7.29. The van der Waals surface area contributed by atoms with E-state index in [1.54, 1.807) is 18.2 Å². The van der Waals surface area contributed by atoms with E-state index in [2.05, 4.69) is 22.0 Å². The summed E-state index contributed by atoms with van der Waals surface area (Å²) >= 11 is 9.18. The molecule has 80 valence electrons. The molecule has 1 N–H and O–H groups in total. The van der Waals surface area contributed by atoms with E-state index in [0.29, 0.717) is 17.0 Å². The molecule has 1 rings (SSSR count). The van der Waals surface area contributed by atoms with Gasteiger partial charge in [0.25, 0.3) is 0 Å². The number of benzene rings is 1. The minimum atomic E-state index is -0.773. The molecular formula is C11H11BrClNO. The first kappa shape index (κ1) is 12.5. The molecule has 0 amide bonds. The molecule has 2 unspecified atom stereocenters. The van der Waals surface area contributed by atoms with E-state index in [-0.39, 0.29) is 5.92 Å². The molecule has 1 aromatic rings. The van der Waals surface area contributed by atoms with Gasteiger partial charge in [-0.2, -0.15) is 5.26 Å². The number of halogens is 2. The Morgan fingerprint density at radius 1 is 1.60 bits per heavy atom. The van der Waals surface area contributed by atoms with Crippen LogP contribution in [0.15, 0.2) is 22.7 Å². The lowest BCUT2D eigenvalue weighted by atomic mass is 9.95. The molecule has 0 aliphatic carbocycles. The maximum atomic E-state index is 9.90. The quantitative estimate of drug-likeness (QED) is 0.922. The van der Waals surface area contributed by atoms with Crippen LogP contribution in [-0.2, 0) is 0 Å². The minimum absolute atomic E-state index is 0.387. The Kier molecular flexibility index (Phi) is 4.59. The summed E-state index contributed by atoms with van der Waals surface area (Å²) in [6.07, 6.45) is -0.156. The summed E-state index contributed by atoms with van der Waals surface area (Å²) in [5.41, 5.74) is 0.677. The van der Waals surface area contributed by atoms with Gasteiger partial charge in [0.15, 0.2) is 0 Å². The molecule has 2 atom stereocenters. The number of hydrogen-bond donors (Lipinski definition) is 1. The predicted molar refractivity (Wildman–Crippen MR) is 63.5 cm³/mol. The minimum Gasteiger partial charge on any atom is -0.387 e. The zero-order chi connectivity index (χ0) is 11.4. The van der Waals surface area contributed by atoms with Crippen LogP contribution in [0.4, 0.5) is 0 Å². The van der Waals surface area contributed by atoms with Crippen molar-refractivity contribution in [1.82, 2.24) is 0 Å². The highest BCUT2D eigenvalue weighted by Crippen LogP contribution is 2.29. The Morgan fingerprint density at radius 2 is 2.27 bits per heavy atom. The Bertz CT molecular complexity index is 389. The molecule has 0 fully saturated rings. The van der Waals surface area contributed by atoms with Gasteiger partial charge in [0, 0.05) is 4.47 Å². The van der Waals surface area contributed by atoms with Gasteiger partial charge in [-0.05, 0) is 40.0 Å². The zero-order valence-corrected chi connectivity index (χ0v) is 10.6. The van der Waals surface area contributed by atoms with Gasteiger partial charge in [-0.3, -0.25) is 0 Å². The first-order valence-electron chi connectivity index (χ1n) is 4.62. The van der Waals surface area contributed by atoms with Crippen LogP contribution in [0.5, 0.6) is 0 Å².